The number of anilines is 1. The zero-order valence-electron chi connectivity index (χ0n) is 16.4. The zero-order chi connectivity index (χ0) is 20.7. The molecule has 0 saturated heterocycles. The molecule has 0 heterocycles. The molecule has 0 aromatic heterocycles. The topological polar surface area (TPSA) is 95.5 Å². The molecule has 6 nitrogen and oxygen atoms in total. The van der Waals surface area contributed by atoms with Crippen molar-refractivity contribution < 1.29 is 19.5 Å². The molecule has 0 spiro atoms. The van der Waals surface area contributed by atoms with Gasteiger partial charge in [-0.15, -0.1) is 0 Å². The highest BCUT2D eigenvalue weighted by Gasteiger charge is 2.12. The minimum absolute atomic E-state index is 0.139. The second-order valence-electron chi connectivity index (χ2n) is 7.14. The quantitative estimate of drug-likeness (QED) is 0.649. The Kier molecular flexibility index (Phi) is 7.32. The van der Waals surface area contributed by atoms with Gasteiger partial charge in [-0.3, -0.25) is 9.59 Å². The van der Waals surface area contributed by atoms with Crippen LogP contribution in [0.4, 0.5) is 5.69 Å². The molecule has 0 aliphatic carbocycles. The molecule has 0 atom stereocenters. The molecule has 148 valence electrons. The Bertz CT molecular complexity index is 875. The fourth-order valence-electron chi connectivity index (χ4n) is 2.75. The van der Waals surface area contributed by atoms with Crippen molar-refractivity contribution in [2.24, 2.45) is 5.92 Å². The Hall–Kier alpha value is -3.15. The third-order valence-electron chi connectivity index (χ3n) is 4.30. The van der Waals surface area contributed by atoms with Gasteiger partial charge in [0.1, 0.15) is 0 Å². The van der Waals surface area contributed by atoms with Gasteiger partial charge < -0.3 is 15.7 Å². The highest BCUT2D eigenvalue weighted by molar-refractivity contribution is 5.96. The van der Waals surface area contributed by atoms with Crippen molar-refractivity contribution in [2.75, 3.05) is 11.9 Å². The predicted octanol–water partition coefficient (Wildman–Crippen LogP) is 3.65. The van der Waals surface area contributed by atoms with Crippen molar-refractivity contribution in [1.29, 1.82) is 0 Å². The van der Waals surface area contributed by atoms with Crippen molar-refractivity contribution >= 4 is 23.5 Å². The molecular formula is C22H26N2O4. The first-order valence-corrected chi connectivity index (χ1v) is 9.27. The first-order valence-electron chi connectivity index (χ1n) is 9.27. The van der Waals surface area contributed by atoms with Crippen LogP contribution in [0.3, 0.4) is 0 Å². The van der Waals surface area contributed by atoms with Crippen LogP contribution >= 0.6 is 0 Å². The van der Waals surface area contributed by atoms with Crippen LogP contribution in [0.15, 0.2) is 42.5 Å². The second kappa shape index (κ2) is 9.69. The van der Waals surface area contributed by atoms with E-state index in [9.17, 15) is 19.5 Å². The van der Waals surface area contributed by atoms with Crippen molar-refractivity contribution in [2.45, 2.75) is 33.6 Å². The van der Waals surface area contributed by atoms with E-state index in [1.165, 1.54) is 6.07 Å². The molecule has 2 amide bonds. The lowest BCUT2D eigenvalue weighted by Gasteiger charge is -2.12. The number of carbonyl (C=O) groups excluding carboxylic acids is 2. The van der Waals surface area contributed by atoms with Gasteiger partial charge in [0.25, 0.3) is 5.91 Å². The Morgan fingerprint density at radius 1 is 1.07 bits per heavy atom. The highest BCUT2D eigenvalue weighted by Crippen LogP contribution is 2.18. The number of carbonyl (C=O) groups is 3. The van der Waals surface area contributed by atoms with E-state index in [0.29, 0.717) is 35.7 Å². The lowest BCUT2D eigenvalue weighted by molar-refractivity contribution is -0.116. The van der Waals surface area contributed by atoms with Gasteiger partial charge in [0, 0.05) is 24.2 Å². The van der Waals surface area contributed by atoms with Gasteiger partial charge in [-0.1, -0.05) is 32.0 Å². The standard InChI is InChI=1S/C22H26N2O4/c1-14(2)13-23-21(26)17-8-10-19(15(3)12-17)24-20(25)11-9-16-6-4-5-7-18(16)22(27)28/h4-8,10,12,14H,9,11,13H2,1-3H3,(H,23,26)(H,24,25)(H,27,28). The van der Waals surface area contributed by atoms with Gasteiger partial charge in [-0.05, 0) is 54.7 Å². The maximum atomic E-state index is 12.3. The number of aromatic carboxylic acids is 1. The largest absolute Gasteiger partial charge is 0.478 e. The number of rotatable bonds is 8. The summed E-state index contributed by atoms with van der Waals surface area (Å²) in [6.45, 7) is 6.49. The number of carboxylic acids is 1. The molecule has 0 fully saturated rings. The molecule has 0 saturated carbocycles. The number of carboxylic acid groups (broad SMARTS) is 1. The molecule has 28 heavy (non-hydrogen) atoms. The number of benzene rings is 2. The molecule has 0 aliphatic heterocycles. The van der Waals surface area contributed by atoms with Crippen LogP contribution in [0, 0.1) is 12.8 Å². The summed E-state index contributed by atoms with van der Waals surface area (Å²) in [7, 11) is 0. The summed E-state index contributed by atoms with van der Waals surface area (Å²) >= 11 is 0. The molecule has 2 aromatic carbocycles. The number of hydrogen-bond donors (Lipinski definition) is 3. The van der Waals surface area contributed by atoms with Crippen LogP contribution in [0.25, 0.3) is 0 Å². The second-order valence-corrected chi connectivity index (χ2v) is 7.14. The van der Waals surface area contributed by atoms with E-state index >= 15 is 0 Å². The van der Waals surface area contributed by atoms with Gasteiger partial charge in [-0.25, -0.2) is 4.79 Å². The van der Waals surface area contributed by atoms with E-state index < -0.39 is 5.97 Å². The minimum atomic E-state index is -1.00. The van der Waals surface area contributed by atoms with Crippen LogP contribution in [0.2, 0.25) is 0 Å². The Morgan fingerprint density at radius 2 is 1.79 bits per heavy atom. The summed E-state index contributed by atoms with van der Waals surface area (Å²) in [5, 5.41) is 14.9. The predicted molar refractivity (Wildman–Crippen MR) is 109 cm³/mol. The molecule has 0 unspecified atom stereocenters. The molecular weight excluding hydrogens is 356 g/mol. The Morgan fingerprint density at radius 3 is 2.43 bits per heavy atom. The lowest BCUT2D eigenvalue weighted by atomic mass is 10.0. The van der Waals surface area contributed by atoms with E-state index in [1.807, 2.05) is 20.8 Å². The molecule has 2 aromatic rings. The minimum Gasteiger partial charge on any atom is -0.478 e. The normalized spacial score (nSPS) is 10.6. The van der Waals surface area contributed by atoms with E-state index in [1.54, 1.807) is 36.4 Å². The summed E-state index contributed by atoms with van der Waals surface area (Å²) in [4.78, 5) is 35.7. The van der Waals surface area contributed by atoms with Crippen LogP contribution < -0.4 is 10.6 Å². The molecule has 3 N–H and O–H groups in total. The maximum Gasteiger partial charge on any atom is 0.335 e. The van der Waals surface area contributed by atoms with Crippen LogP contribution in [0.5, 0.6) is 0 Å². The molecule has 0 aliphatic rings. The average Bonchev–Trinajstić information content (AvgIpc) is 2.66. The van der Waals surface area contributed by atoms with Gasteiger partial charge in [-0.2, -0.15) is 0 Å². The van der Waals surface area contributed by atoms with Crippen molar-refractivity contribution in [3.8, 4) is 0 Å². The fourth-order valence-corrected chi connectivity index (χ4v) is 2.75. The Balaban J connectivity index is 1.97. The molecule has 6 heteroatoms. The summed E-state index contributed by atoms with van der Waals surface area (Å²) in [5.41, 5.74) is 2.81. The summed E-state index contributed by atoms with van der Waals surface area (Å²) in [6, 6.07) is 11.8. The highest BCUT2D eigenvalue weighted by atomic mass is 16.4. The van der Waals surface area contributed by atoms with E-state index in [-0.39, 0.29) is 23.8 Å². The van der Waals surface area contributed by atoms with Crippen LogP contribution in [-0.4, -0.2) is 29.4 Å². The third kappa shape index (κ3) is 5.94. The SMILES string of the molecule is Cc1cc(C(=O)NCC(C)C)ccc1NC(=O)CCc1ccccc1C(=O)O. The first kappa shape index (κ1) is 21.2. The van der Waals surface area contributed by atoms with Crippen molar-refractivity contribution in [3.05, 3.63) is 64.7 Å². The maximum absolute atomic E-state index is 12.3. The van der Waals surface area contributed by atoms with Gasteiger partial charge in [0.15, 0.2) is 0 Å². The Labute approximate surface area is 165 Å². The summed E-state index contributed by atoms with van der Waals surface area (Å²) < 4.78 is 0. The zero-order valence-corrected chi connectivity index (χ0v) is 16.4. The van der Waals surface area contributed by atoms with Gasteiger partial charge in [0.05, 0.1) is 5.56 Å². The monoisotopic (exact) mass is 382 g/mol. The van der Waals surface area contributed by atoms with Crippen LogP contribution in [0.1, 0.15) is 52.1 Å². The average molecular weight is 382 g/mol. The molecule has 0 bridgehead atoms. The molecule has 0 radical (unpaired) electrons. The van der Waals surface area contributed by atoms with Gasteiger partial charge >= 0.3 is 5.97 Å². The summed E-state index contributed by atoms with van der Waals surface area (Å²) in [6.07, 6.45) is 0.503. The van der Waals surface area contributed by atoms with Crippen molar-refractivity contribution in [3.63, 3.8) is 0 Å². The number of amides is 2. The molecule has 2 rings (SSSR count). The number of nitrogens with one attached hydrogen (secondary N) is 2. The van der Waals surface area contributed by atoms with Crippen LogP contribution in [-0.2, 0) is 11.2 Å². The van der Waals surface area contributed by atoms with E-state index in [0.717, 1.165) is 5.56 Å². The first-order chi connectivity index (χ1) is 13.3. The summed E-state index contributed by atoms with van der Waals surface area (Å²) in [5.74, 6) is -0.978. The van der Waals surface area contributed by atoms with Crippen molar-refractivity contribution in [1.82, 2.24) is 5.32 Å². The number of hydrogen-bond acceptors (Lipinski definition) is 3. The lowest BCUT2D eigenvalue weighted by Crippen LogP contribution is -2.27. The van der Waals surface area contributed by atoms with E-state index in [4.69, 9.17) is 0 Å². The smallest absolute Gasteiger partial charge is 0.335 e. The van der Waals surface area contributed by atoms with Gasteiger partial charge in [0.2, 0.25) is 5.91 Å². The van der Waals surface area contributed by atoms with E-state index in [2.05, 4.69) is 10.6 Å². The third-order valence-corrected chi connectivity index (χ3v) is 4.30. The number of aryl methyl sites for hydroxylation is 2. The fraction of sp³-hybridized carbons (Fsp3) is 0.318.